The summed E-state index contributed by atoms with van der Waals surface area (Å²) in [7, 11) is 0. The molecule has 2 aromatic heterocycles. The summed E-state index contributed by atoms with van der Waals surface area (Å²) in [6, 6.07) is 23.0. The molecular weight excluding hydrogens is 401 g/mol. The van der Waals surface area contributed by atoms with Crippen molar-refractivity contribution >= 4 is 45.4 Å². The fourth-order valence-electron chi connectivity index (χ4n) is 3.57. The van der Waals surface area contributed by atoms with Crippen LogP contribution < -0.4 is 5.56 Å². The SMILES string of the molecule is O=c1c(N=Cc2ccc(F)cc2Cl)cc2[nH]c3ccccc3c2n1-c1ccccc1. The Kier molecular flexibility index (Phi) is 4.45. The van der Waals surface area contributed by atoms with Gasteiger partial charge in [-0.25, -0.2) is 4.39 Å². The molecule has 0 aliphatic heterocycles. The van der Waals surface area contributed by atoms with Crippen LogP contribution in [-0.4, -0.2) is 15.8 Å². The molecule has 0 fully saturated rings. The summed E-state index contributed by atoms with van der Waals surface area (Å²) in [5.74, 6) is -0.428. The second-order valence-corrected chi connectivity index (χ2v) is 7.27. The van der Waals surface area contributed by atoms with Crippen LogP contribution in [0.1, 0.15) is 5.56 Å². The molecule has 0 amide bonds. The van der Waals surface area contributed by atoms with Gasteiger partial charge in [0, 0.05) is 28.4 Å². The Labute approximate surface area is 175 Å². The Morgan fingerprint density at radius 1 is 0.933 bits per heavy atom. The van der Waals surface area contributed by atoms with Gasteiger partial charge in [-0.3, -0.25) is 14.4 Å². The minimum absolute atomic E-state index is 0.230. The summed E-state index contributed by atoms with van der Waals surface area (Å²) in [6.07, 6.45) is 1.47. The Balaban J connectivity index is 1.78. The van der Waals surface area contributed by atoms with Crippen LogP contribution >= 0.6 is 11.6 Å². The van der Waals surface area contributed by atoms with E-state index in [4.69, 9.17) is 11.6 Å². The second kappa shape index (κ2) is 7.28. The average molecular weight is 416 g/mol. The molecule has 0 saturated heterocycles. The summed E-state index contributed by atoms with van der Waals surface area (Å²) in [4.78, 5) is 21.2. The highest BCUT2D eigenvalue weighted by atomic mass is 35.5. The third kappa shape index (κ3) is 3.09. The molecule has 146 valence electrons. The first-order chi connectivity index (χ1) is 14.6. The van der Waals surface area contributed by atoms with E-state index in [0.29, 0.717) is 5.56 Å². The number of para-hydroxylation sites is 2. The van der Waals surface area contributed by atoms with E-state index in [0.717, 1.165) is 27.6 Å². The quantitative estimate of drug-likeness (QED) is 0.360. The number of halogens is 2. The third-order valence-corrected chi connectivity index (χ3v) is 5.28. The molecule has 5 aromatic rings. The van der Waals surface area contributed by atoms with Gasteiger partial charge in [0.1, 0.15) is 11.5 Å². The number of aliphatic imine (C=N–C) groups is 1. The summed E-state index contributed by atoms with van der Waals surface area (Å²) in [5.41, 5.74) is 3.78. The zero-order valence-electron chi connectivity index (χ0n) is 15.6. The molecule has 0 aliphatic rings. The topological polar surface area (TPSA) is 50.1 Å². The average Bonchev–Trinajstić information content (AvgIpc) is 3.12. The number of aromatic nitrogens is 2. The smallest absolute Gasteiger partial charge is 0.281 e. The van der Waals surface area contributed by atoms with Crippen molar-refractivity contribution in [2.45, 2.75) is 0 Å². The molecule has 0 atom stereocenters. The zero-order valence-corrected chi connectivity index (χ0v) is 16.4. The van der Waals surface area contributed by atoms with Crippen LogP contribution in [0, 0.1) is 5.82 Å². The maximum Gasteiger partial charge on any atom is 0.281 e. The highest BCUT2D eigenvalue weighted by molar-refractivity contribution is 6.33. The number of hydrogen-bond acceptors (Lipinski definition) is 2. The van der Waals surface area contributed by atoms with Gasteiger partial charge >= 0.3 is 0 Å². The van der Waals surface area contributed by atoms with Gasteiger partial charge in [0.2, 0.25) is 0 Å². The summed E-state index contributed by atoms with van der Waals surface area (Å²) >= 11 is 6.09. The monoisotopic (exact) mass is 415 g/mol. The van der Waals surface area contributed by atoms with Gasteiger partial charge in [0.15, 0.2) is 0 Å². The Hall–Kier alpha value is -3.70. The summed E-state index contributed by atoms with van der Waals surface area (Å²) in [5, 5.41) is 1.18. The number of benzene rings is 3. The molecule has 0 unspecified atom stereocenters. The van der Waals surface area contributed by atoms with Crippen molar-refractivity contribution < 1.29 is 4.39 Å². The standard InChI is InChI=1S/C24H15ClFN3O/c25-19-12-16(26)11-10-15(19)14-27-22-13-21-23(18-8-4-5-9-20(18)28-21)29(24(22)30)17-6-2-1-3-7-17/h1-14,28H. The number of nitrogens with one attached hydrogen (secondary N) is 1. The molecule has 3 aromatic carbocycles. The molecular formula is C24H15ClFN3O. The van der Waals surface area contributed by atoms with E-state index in [9.17, 15) is 9.18 Å². The largest absolute Gasteiger partial charge is 0.353 e. The maximum atomic E-state index is 13.4. The lowest BCUT2D eigenvalue weighted by Gasteiger charge is -2.09. The molecule has 0 saturated carbocycles. The first-order valence-electron chi connectivity index (χ1n) is 9.33. The lowest BCUT2D eigenvalue weighted by Crippen LogP contribution is -2.18. The summed E-state index contributed by atoms with van der Waals surface area (Å²) in [6.45, 7) is 0. The van der Waals surface area contributed by atoms with E-state index >= 15 is 0 Å². The molecule has 5 rings (SSSR count). The molecule has 0 bridgehead atoms. The van der Waals surface area contributed by atoms with Gasteiger partial charge in [-0.2, -0.15) is 0 Å². The zero-order chi connectivity index (χ0) is 20.7. The van der Waals surface area contributed by atoms with Crippen LogP contribution in [0.2, 0.25) is 5.02 Å². The van der Waals surface area contributed by atoms with Gasteiger partial charge in [0.25, 0.3) is 5.56 Å². The molecule has 0 spiro atoms. The van der Waals surface area contributed by atoms with Crippen molar-refractivity contribution in [3.63, 3.8) is 0 Å². The Morgan fingerprint density at radius 2 is 1.70 bits per heavy atom. The highest BCUT2D eigenvalue weighted by Crippen LogP contribution is 2.28. The number of aromatic amines is 1. The van der Waals surface area contributed by atoms with E-state index in [1.54, 1.807) is 10.6 Å². The van der Waals surface area contributed by atoms with E-state index < -0.39 is 5.82 Å². The molecule has 6 heteroatoms. The van der Waals surface area contributed by atoms with Crippen molar-refractivity contribution in [3.8, 4) is 5.69 Å². The van der Waals surface area contributed by atoms with E-state index in [2.05, 4.69) is 9.98 Å². The predicted molar refractivity (Wildman–Crippen MR) is 120 cm³/mol. The minimum atomic E-state index is -0.428. The first-order valence-corrected chi connectivity index (χ1v) is 9.70. The normalized spacial score (nSPS) is 11.7. The molecule has 2 heterocycles. The molecule has 1 N–H and O–H groups in total. The Morgan fingerprint density at radius 3 is 2.50 bits per heavy atom. The van der Waals surface area contributed by atoms with Crippen LogP contribution in [-0.2, 0) is 0 Å². The fourth-order valence-corrected chi connectivity index (χ4v) is 3.79. The molecule has 30 heavy (non-hydrogen) atoms. The number of rotatable bonds is 3. The lowest BCUT2D eigenvalue weighted by molar-refractivity contribution is 0.628. The fraction of sp³-hybridized carbons (Fsp3) is 0. The minimum Gasteiger partial charge on any atom is -0.353 e. The van der Waals surface area contributed by atoms with Crippen LogP contribution in [0.15, 0.2) is 88.6 Å². The first kappa shape index (κ1) is 18.3. The number of nitrogens with zero attached hydrogens (tertiary/aromatic N) is 2. The molecule has 0 aliphatic carbocycles. The van der Waals surface area contributed by atoms with Crippen LogP contribution in [0.3, 0.4) is 0 Å². The van der Waals surface area contributed by atoms with Crippen LogP contribution in [0.4, 0.5) is 10.1 Å². The summed E-state index contributed by atoms with van der Waals surface area (Å²) < 4.78 is 15.0. The van der Waals surface area contributed by atoms with E-state index in [-0.39, 0.29) is 16.3 Å². The number of pyridine rings is 1. The lowest BCUT2D eigenvalue weighted by atomic mass is 10.2. The van der Waals surface area contributed by atoms with Crippen LogP contribution in [0.25, 0.3) is 27.6 Å². The van der Waals surface area contributed by atoms with Gasteiger partial charge in [-0.05, 0) is 42.5 Å². The second-order valence-electron chi connectivity index (χ2n) is 6.86. The van der Waals surface area contributed by atoms with Gasteiger partial charge < -0.3 is 4.98 Å². The van der Waals surface area contributed by atoms with Crippen LogP contribution in [0.5, 0.6) is 0 Å². The molecule has 4 nitrogen and oxygen atoms in total. The van der Waals surface area contributed by atoms with Gasteiger partial charge in [-0.15, -0.1) is 0 Å². The predicted octanol–water partition coefficient (Wildman–Crippen LogP) is 6.02. The van der Waals surface area contributed by atoms with E-state index in [1.807, 2.05) is 54.6 Å². The Bertz CT molecular complexity index is 1490. The number of fused-ring (bicyclic) bond motifs is 3. The van der Waals surface area contributed by atoms with Crippen molar-refractivity contribution in [2.75, 3.05) is 0 Å². The number of hydrogen-bond donors (Lipinski definition) is 1. The third-order valence-electron chi connectivity index (χ3n) is 4.95. The van der Waals surface area contributed by atoms with Gasteiger partial charge in [-0.1, -0.05) is 48.0 Å². The highest BCUT2D eigenvalue weighted by Gasteiger charge is 2.15. The molecule has 0 radical (unpaired) electrons. The number of H-pyrrole nitrogens is 1. The van der Waals surface area contributed by atoms with Gasteiger partial charge in [0.05, 0.1) is 16.1 Å². The van der Waals surface area contributed by atoms with Crippen molar-refractivity contribution in [2.24, 2.45) is 4.99 Å². The van der Waals surface area contributed by atoms with Crippen molar-refractivity contribution in [1.82, 2.24) is 9.55 Å². The van der Waals surface area contributed by atoms with E-state index in [1.165, 1.54) is 24.4 Å². The van der Waals surface area contributed by atoms with Crippen molar-refractivity contribution in [3.05, 3.63) is 106 Å². The maximum absolute atomic E-state index is 13.4. The van der Waals surface area contributed by atoms with Crippen molar-refractivity contribution in [1.29, 1.82) is 0 Å².